The molecular formula is C16H15N5O2. The molecule has 2 N–H and O–H groups in total. The second-order valence-electron chi connectivity index (χ2n) is 4.95. The third kappa shape index (κ3) is 3.70. The maximum atomic E-state index is 12.3. The van der Waals surface area contributed by atoms with Gasteiger partial charge < -0.3 is 15.2 Å². The van der Waals surface area contributed by atoms with E-state index >= 15 is 0 Å². The highest BCUT2D eigenvalue weighted by Crippen LogP contribution is 2.16. The van der Waals surface area contributed by atoms with Gasteiger partial charge in [0, 0.05) is 17.8 Å². The Morgan fingerprint density at radius 2 is 1.83 bits per heavy atom. The number of aryl methyl sites for hydroxylation is 2. The van der Waals surface area contributed by atoms with Crippen LogP contribution in [0.3, 0.4) is 0 Å². The molecule has 3 rings (SSSR count). The van der Waals surface area contributed by atoms with Crippen molar-refractivity contribution in [3.05, 3.63) is 59.7 Å². The number of benzene rings is 1. The number of rotatable bonds is 4. The van der Waals surface area contributed by atoms with E-state index in [1.54, 1.807) is 26.0 Å². The van der Waals surface area contributed by atoms with Crippen molar-refractivity contribution >= 4 is 23.2 Å². The van der Waals surface area contributed by atoms with E-state index in [-0.39, 0.29) is 11.6 Å². The summed E-state index contributed by atoms with van der Waals surface area (Å²) in [7, 11) is 0. The van der Waals surface area contributed by atoms with Gasteiger partial charge in [0.1, 0.15) is 23.1 Å². The Morgan fingerprint density at radius 3 is 2.52 bits per heavy atom. The fourth-order valence-corrected chi connectivity index (χ4v) is 2.02. The highest BCUT2D eigenvalue weighted by Gasteiger charge is 2.12. The minimum Gasteiger partial charge on any atom is -0.360 e. The zero-order chi connectivity index (χ0) is 16.2. The first-order chi connectivity index (χ1) is 11.1. The van der Waals surface area contributed by atoms with Gasteiger partial charge in [-0.15, -0.1) is 0 Å². The van der Waals surface area contributed by atoms with E-state index in [4.69, 9.17) is 4.52 Å². The summed E-state index contributed by atoms with van der Waals surface area (Å²) in [5.74, 6) is 1.86. The van der Waals surface area contributed by atoms with E-state index in [0.717, 1.165) is 0 Å². The summed E-state index contributed by atoms with van der Waals surface area (Å²) in [6.45, 7) is 3.51. The standard InChI is InChI=1S/C16H15N5O2/c1-10-8-15(21-23-10)20-14-9-13(17-11(2)18-14)16(22)19-12-6-4-3-5-7-12/h3-9H,1-2H3,(H,19,22)(H,17,18,20,21). The van der Waals surface area contributed by atoms with Crippen LogP contribution in [0, 0.1) is 13.8 Å². The summed E-state index contributed by atoms with van der Waals surface area (Å²) in [6, 6.07) is 12.5. The minimum atomic E-state index is -0.305. The van der Waals surface area contributed by atoms with Crippen molar-refractivity contribution in [1.29, 1.82) is 0 Å². The molecule has 0 saturated carbocycles. The van der Waals surface area contributed by atoms with Gasteiger partial charge in [0.2, 0.25) is 0 Å². The molecule has 0 unspecified atom stereocenters. The molecule has 0 spiro atoms. The SMILES string of the molecule is Cc1nc(Nc2cc(C)on2)cc(C(=O)Nc2ccccc2)n1. The van der Waals surface area contributed by atoms with Crippen LogP contribution in [0.5, 0.6) is 0 Å². The Kier molecular flexibility index (Phi) is 4.01. The van der Waals surface area contributed by atoms with Gasteiger partial charge in [-0.2, -0.15) is 0 Å². The van der Waals surface area contributed by atoms with E-state index in [2.05, 4.69) is 25.8 Å². The smallest absolute Gasteiger partial charge is 0.274 e. The first kappa shape index (κ1) is 14.7. The van der Waals surface area contributed by atoms with Crippen LogP contribution in [0.1, 0.15) is 22.1 Å². The Bertz CT molecular complexity index is 829. The molecule has 0 radical (unpaired) electrons. The zero-order valence-electron chi connectivity index (χ0n) is 12.7. The fourth-order valence-electron chi connectivity index (χ4n) is 2.02. The van der Waals surface area contributed by atoms with E-state index in [1.807, 2.05) is 30.3 Å². The zero-order valence-corrected chi connectivity index (χ0v) is 12.7. The number of amides is 1. The lowest BCUT2D eigenvalue weighted by Gasteiger charge is -2.07. The molecule has 0 saturated heterocycles. The Morgan fingerprint density at radius 1 is 1.04 bits per heavy atom. The average molecular weight is 309 g/mol. The Hall–Kier alpha value is -3.22. The van der Waals surface area contributed by atoms with Crippen molar-refractivity contribution < 1.29 is 9.32 Å². The largest absolute Gasteiger partial charge is 0.360 e. The molecular weight excluding hydrogens is 294 g/mol. The molecule has 0 aliphatic carbocycles. The summed E-state index contributed by atoms with van der Waals surface area (Å²) in [6.07, 6.45) is 0. The highest BCUT2D eigenvalue weighted by molar-refractivity contribution is 6.03. The molecule has 0 aliphatic rings. The maximum Gasteiger partial charge on any atom is 0.274 e. The molecule has 2 heterocycles. The van der Waals surface area contributed by atoms with E-state index in [9.17, 15) is 4.79 Å². The third-order valence-electron chi connectivity index (χ3n) is 2.99. The molecule has 1 aromatic carbocycles. The molecule has 0 fully saturated rings. The van der Waals surface area contributed by atoms with E-state index in [1.165, 1.54) is 0 Å². The number of para-hydroxylation sites is 1. The Balaban J connectivity index is 1.81. The van der Waals surface area contributed by atoms with Crippen LogP contribution in [0.2, 0.25) is 0 Å². The lowest BCUT2D eigenvalue weighted by molar-refractivity contribution is 0.102. The van der Waals surface area contributed by atoms with Gasteiger partial charge in [-0.25, -0.2) is 9.97 Å². The topological polar surface area (TPSA) is 92.9 Å². The molecule has 0 atom stereocenters. The molecule has 23 heavy (non-hydrogen) atoms. The summed E-state index contributed by atoms with van der Waals surface area (Å²) < 4.78 is 4.99. The van der Waals surface area contributed by atoms with Crippen molar-refractivity contribution in [2.75, 3.05) is 10.6 Å². The molecule has 7 nitrogen and oxygen atoms in total. The van der Waals surface area contributed by atoms with E-state index < -0.39 is 0 Å². The number of anilines is 3. The summed E-state index contributed by atoms with van der Waals surface area (Å²) in [5, 5.41) is 9.61. The van der Waals surface area contributed by atoms with Gasteiger partial charge in [0.25, 0.3) is 5.91 Å². The first-order valence-corrected chi connectivity index (χ1v) is 7.02. The lowest BCUT2D eigenvalue weighted by atomic mass is 10.3. The van der Waals surface area contributed by atoms with Crippen molar-refractivity contribution in [2.24, 2.45) is 0 Å². The predicted octanol–water partition coefficient (Wildman–Crippen LogP) is 3.08. The van der Waals surface area contributed by atoms with Crippen LogP contribution < -0.4 is 10.6 Å². The molecule has 1 amide bonds. The molecule has 116 valence electrons. The lowest BCUT2D eigenvalue weighted by Crippen LogP contribution is -2.15. The monoisotopic (exact) mass is 309 g/mol. The van der Waals surface area contributed by atoms with Gasteiger partial charge in [0.05, 0.1) is 0 Å². The number of hydrogen-bond donors (Lipinski definition) is 2. The molecule has 0 aliphatic heterocycles. The number of carbonyl (C=O) groups excluding carboxylic acids is 1. The minimum absolute atomic E-state index is 0.268. The fraction of sp³-hybridized carbons (Fsp3) is 0.125. The second-order valence-corrected chi connectivity index (χ2v) is 4.95. The summed E-state index contributed by atoms with van der Waals surface area (Å²) >= 11 is 0. The van der Waals surface area contributed by atoms with Crippen LogP contribution in [-0.2, 0) is 0 Å². The van der Waals surface area contributed by atoms with Gasteiger partial charge in [-0.05, 0) is 26.0 Å². The van der Waals surface area contributed by atoms with Crippen LogP contribution in [0.4, 0.5) is 17.3 Å². The highest BCUT2D eigenvalue weighted by atomic mass is 16.5. The average Bonchev–Trinajstić information content (AvgIpc) is 2.92. The van der Waals surface area contributed by atoms with Gasteiger partial charge in [0.15, 0.2) is 5.82 Å². The summed E-state index contributed by atoms with van der Waals surface area (Å²) in [5.41, 5.74) is 0.972. The molecule has 0 bridgehead atoms. The normalized spacial score (nSPS) is 10.3. The maximum absolute atomic E-state index is 12.3. The van der Waals surface area contributed by atoms with Crippen molar-refractivity contribution in [3.8, 4) is 0 Å². The van der Waals surface area contributed by atoms with Crippen LogP contribution in [-0.4, -0.2) is 21.0 Å². The van der Waals surface area contributed by atoms with E-state index in [0.29, 0.717) is 28.9 Å². The summed E-state index contributed by atoms with van der Waals surface area (Å²) in [4.78, 5) is 20.7. The number of nitrogens with zero attached hydrogens (tertiary/aromatic N) is 3. The quantitative estimate of drug-likeness (QED) is 0.769. The number of hydrogen-bond acceptors (Lipinski definition) is 6. The van der Waals surface area contributed by atoms with Crippen molar-refractivity contribution in [1.82, 2.24) is 15.1 Å². The van der Waals surface area contributed by atoms with Gasteiger partial charge in [-0.1, -0.05) is 23.4 Å². The van der Waals surface area contributed by atoms with Crippen LogP contribution in [0.15, 0.2) is 47.0 Å². The van der Waals surface area contributed by atoms with Crippen molar-refractivity contribution in [2.45, 2.75) is 13.8 Å². The van der Waals surface area contributed by atoms with Crippen molar-refractivity contribution in [3.63, 3.8) is 0 Å². The van der Waals surface area contributed by atoms with Gasteiger partial charge in [-0.3, -0.25) is 4.79 Å². The van der Waals surface area contributed by atoms with Gasteiger partial charge >= 0.3 is 0 Å². The number of aromatic nitrogens is 3. The third-order valence-corrected chi connectivity index (χ3v) is 2.99. The number of nitrogens with one attached hydrogen (secondary N) is 2. The molecule has 2 aromatic heterocycles. The second kappa shape index (κ2) is 6.27. The molecule has 3 aromatic rings. The Labute approximate surface area is 132 Å². The molecule has 7 heteroatoms. The first-order valence-electron chi connectivity index (χ1n) is 7.02. The van der Waals surface area contributed by atoms with Crippen LogP contribution >= 0.6 is 0 Å². The number of carbonyl (C=O) groups is 1. The predicted molar refractivity (Wildman–Crippen MR) is 85.7 cm³/mol. The van der Waals surface area contributed by atoms with Crippen LogP contribution in [0.25, 0.3) is 0 Å².